The van der Waals surface area contributed by atoms with Crippen LogP contribution in [0.25, 0.3) is 10.4 Å². The number of hydrogen-bond acceptors (Lipinski definition) is 3. The molecule has 92 valence electrons. The van der Waals surface area contributed by atoms with Crippen LogP contribution < -0.4 is 0 Å². The summed E-state index contributed by atoms with van der Waals surface area (Å²) >= 11 is 7.56. The highest BCUT2D eigenvalue weighted by atomic mass is 35.5. The van der Waals surface area contributed by atoms with Gasteiger partial charge in [-0.15, -0.1) is 11.3 Å². The second-order valence-electron chi connectivity index (χ2n) is 5.02. The van der Waals surface area contributed by atoms with Crippen LogP contribution in [0.4, 0.5) is 5.82 Å². The van der Waals surface area contributed by atoms with Gasteiger partial charge in [-0.05, 0) is 25.1 Å². The Hall–Kier alpha value is -1.19. The van der Waals surface area contributed by atoms with Crippen LogP contribution in [0.15, 0.2) is 29.4 Å². The number of fused-ring (bicyclic) bond motifs is 1. The van der Waals surface area contributed by atoms with E-state index in [1.54, 1.807) is 11.3 Å². The van der Waals surface area contributed by atoms with Gasteiger partial charge in [-0.25, -0.2) is 9.98 Å². The molecule has 0 unspecified atom stereocenters. The van der Waals surface area contributed by atoms with Crippen molar-refractivity contribution in [3.05, 3.63) is 34.3 Å². The van der Waals surface area contributed by atoms with Crippen LogP contribution in [0.5, 0.6) is 0 Å². The molecule has 3 heterocycles. The second-order valence-corrected chi connectivity index (χ2v) is 6.74. The van der Waals surface area contributed by atoms with Crippen LogP contribution in [0, 0.1) is 0 Å². The number of aliphatic imine (C=N–C) groups is 1. The van der Waals surface area contributed by atoms with Crippen molar-refractivity contribution in [1.82, 2.24) is 4.98 Å². The highest BCUT2D eigenvalue weighted by Crippen LogP contribution is 2.41. The van der Waals surface area contributed by atoms with E-state index in [2.05, 4.69) is 36.8 Å². The topological polar surface area (TPSA) is 25.2 Å². The molecule has 18 heavy (non-hydrogen) atoms. The summed E-state index contributed by atoms with van der Waals surface area (Å²) in [6.45, 7) is 6.43. The predicted molar refractivity (Wildman–Crippen MR) is 78.4 cm³/mol. The second kappa shape index (κ2) is 3.90. The average Bonchev–Trinajstić information content (AvgIpc) is 2.83. The van der Waals surface area contributed by atoms with Crippen molar-refractivity contribution >= 4 is 34.5 Å². The zero-order valence-corrected chi connectivity index (χ0v) is 12.1. The maximum atomic E-state index is 5.98. The number of aromatic nitrogens is 1. The Bertz CT molecular complexity index is 656. The molecule has 0 saturated heterocycles. The fraction of sp³-hybridized carbons (Fsp3) is 0.286. The molecule has 3 rings (SSSR count). The SMILES string of the molecule is CC1=Nc2ncc(-c3ccc(Cl)s3)cc2C1(C)C. The van der Waals surface area contributed by atoms with Crippen molar-refractivity contribution in [3.8, 4) is 10.4 Å². The number of halogens is 1. The van der Waals surface area contributed by atoms with Gasteiger partial charge in [-0.3, -0.25) is 0 Å². The Morgan fingerprint density at radius 3 is 2.72 bits per heavy atom. The summed E-state index contributed by atoms with van der Waals surface area (Å²) in [5, 5.41) is 0. The van der Waals surface area contributed by atoms with Crippen LogP contribution >= 0.6 is 22.9 Å². The zero-order valence-electron chi connectivity index (χ0n) is 10.5. The predicted octanol–water partition coefficient (Wildman–Crippen LogP) is 4.85. The van der Waals surface area contributed by atoms with Gasteiger partial charge < -0.3 is 0 Å². The number of pyridine rings is 1. The largest absolute Gasteiger partial charge is 0.237 e. The van der Waals surface area contributed by atoms with Gasteiger partial charge in [0.2, 0.25) is 0 Å². The third kappa shape index (κ3) is 1.70. The molecule has 0 spiro atoms. The van der Waals surface area contributed by atoms with E-state index in [-0.39, 0.29) is 5.41 Å². The van der Waals surface area contributed by atoms with Crippen molar-refractivity contribution in [2.45, 2.75) is 26.2 Å². The van der Waals surface area contributed by atoms with Crippen LogP contribution in [-0.4, -0.2) is 10.7 Å². The molecule has 2 aromatic heterocycles. The molecule has 0 atom stereocenters. The molecule has 0 bridgehead atoms. The van der Waals surface area contributed by atoms with Crippen molar-refractivity contribution < 1.29 is 0 Å². The highest BCUT2D eigenvalue weighted by Gasteiger charge is 2.33. The van der Waals surface area contributed by atoms with Gasteiger partial charge in [0.25, 0.3) is 0 Å². The molecule has 2 nitrogen and oxygen atoms in total. The number of thiophene rings is 1. The van der Waals surface area contributed by atoms with Crippen molar-refractivity contribution in [1.29, 1.82) is 0 Å². The normalized spacial score (nSPS) is 16.6. The molecule has 0 amide bonds. The van der Waals surface area contributed by atoms with E-state index in [1.807, 2.05) is 18.3 Å². The Balaban J connectivity index is 2.12. The number of hydrogen-bond donors (Lipinski definition) is 0. The summed E-state index contributed by atoms with van der Waals surface area (Å²) in [5.74, 6) is 0.851. The molecular weight excluding hydrogens is 264 g/mol. The number of nitrogens with zero attached hydrogens (tertiary/aromatic N) is 2. The van der Waals surface area contributed by atoms with Gasteiger partial charge >= 0.3 is 0 Å². The van der Waals surface area contributed by atoms with Crippen molar-refractivity contribution in [2.24, 2.45) is 4.99 Å². The van der Waals surface area contributed by atoms with E-state index in [0.717, 1.165) is 26.3 Å². The molecule has 1 aliphatic rings. The standard InChI is InChI=1S/C14H13ClN2S/c1-8-14(2,3)10-6-9(7-16-13(10)17-8)11-4-5-12(15)18-11/h4-7H,1-3H3. The van der Waals surface area contributed by atoms with Crippen LogP contribution in [-0.2, 0) is 5.41 Å². The van der Waals surface area contributed by atoms with Crippen LogP contribution in [0.1, 0.15) is 26.3 Å². The van der Waals surface area contributed by atoms with Crippen molar-refractivity contribution in [2.75, 3.05) is 0 Å². The number of rotatable bonds is 1. The summed E-state index contributed by atoms with van der Waals surface area (Å²) in [7, 11) is 0. The zero-order chi connectivity index (χ0) is 12.9. The lowest BCUT2D eigenvalue weighted by atomic mass is 9.82. The molecule has 0 N–H and O–H groups in total. The first-order valence-corrected chi connectivity index (χ1v) is 7.00. The molecule has 2 aromatic rings. The van der Waals surface area contributed by atoms with Gasteiger partial charge in [0.05, 0.1) is 4.34 Å². The van der Waals surface area contributed by atoms with E-state index < -0.39 is 0 Å². The lowest BCUT2D eigenvalue weighted by Gasteiger charge is -2.19. The molecule has 0 fully saturated rings. The quantitative estimate of drug-likeness (QED) is 0.731. The molecule has 1 aliphatic heterocycles. The molecule has 0 saturated carbocycles. The van der Waals surface area contributed by atoms with E-state index >= 15 is 0 Å². The summed E-state index contributed by atoms with van der Waals surface area (Å²) in [6.07, 6.45) is 1.87. The molecule has 0 radical (unpaired) electrons. The lowest BCUT2D eigenvalue weighted by Crippen LogP contribution is -2.22. The first-order chi connectivity index (χ1) is 8.48. The molecular formula is C14H13ClN2S. The maximum Gasteiger partial charge on any atom is 0.155 e. The third-order valence-corrected chi connectivity index (χ3v) is 4.86. The Kier molecular flexibility index (Phi) is 2.57. The Morgan fingerprint density at radius 2 is 2.06 bits per heavy atom. The van der Waals surface area contributed by atoms with Gasteiger partial charge in [0, 0.05) is 33.3 Å². The third-order valence-electron chi connectivity index (χ3n) is 3.58. The fourth-order valence-electron chi connectivity index (χ4n) is 2.10. The van der Waals surface area contributed by atoms with Crippen molar-refractivity contribution in [3.63, 3.8) is 0 Å². The van der Waals surface area contributed by atoms with E-state index in [0.29, 0.717) is 0 Å². The lowest BCUT2D eigenvalue weighted by molar-refractivity contribution is 0.731. The minimum Gasteiger partial charge on any atom is -0.237 e. The van der Waals surface area contributed by atoms with Gasteiger partial charge in [0.15, 0.2) is 5.82 Å². The molecule has 4 heteroatoms. The minimum absolute atomic E-state index is 0.0284. The van der Waals surface area contributed by atoms with Gasteiger partial charge in [-0.2, -0.15) is 0 Å². The Labute approximate surface area is 115 Å². The van der Waals surface area contributed by atoms with E-state index in [4.69, 9.17) is 11.6 Å². The van der Waals surface area contributed by atoms with Crippen LogP contribution in [0.3, 0.4) is 0 Å². The van der Waals surface area contributed by atoms with Gasteiger partial charge in [0.1, 0.15) is 0 Å². The first kappa shape index (κ1) is 11.9. The monoisotopic (exact) mass is 276 g/mol. The van der Waals surface area contributed by atoms with Gasteiger partial charge in [-0.1, -0.05) is 25.4 Å². The van der Waals surface area contributed by atoms with E-state index in [1.165, 1.54) is 5.56 Å². The summed E-state index contributed by atoms with van der Waals surface area (Å²) in [6, 6.07) is 6.14. The first-order valence-electron chi connectivity index (χ1n) is 5.80. The molecule has 0 aromatic carbocycles. The fourth-order valence-corrected chi connectivity index (χ4v) is 3.13. The van der Waals surface area contributed by atoms with E-state index in [9.17, 15) is 0 Å². The Morgan fingerprint density at radius 1 is 1.28 bits per heavy atom. The average molecular weight is 277 g/mol. The summed E-state index contributed by atoms with van der Waals surface area (Å²) in [5.41, 5.74) is 3.40. The van der Waals surface area contributed by atoms with Crippen LogP contribution in [0.2, 0.25) is 4.34 Å². The summed E-state index contributed by atoms with van der Waals surface area (Å²) in [4.78, 5) is 10.1. The minimum atomic E-state index is -0.0284. The summed E-state index contributed by atoms with van der Waals surface area (Å²) < 4.78 is 0.803. The molecule has 0 aliphatic carbocycles. The smallest absolute Gasteiger partial charge is 0.155 e. The highest BCUT2D eigenvalue weighted by molar-refractivity contribution is 7.19. The maximum absolute atomic E-state index is 5.98.